The Morgan fingerprint density at radius 3 is 2.84 bits per heavy atom. The number of ether oxygens (including phenoxy) is 1. The van der Waals surface area contributed by atoms with Gasteiger partial charge in [0.25, 0.3) is 5.91 Å². The van der Waals surface area contributed by atoms with Gasteiger partial charge in [0.2, 0.25) is 5.91 Å². The summed E-state index contributed by atoms with van der Waals surface area (Å²) >= 11 is 0. The van der Waals surface area contributed by atoms with Crippen LogP contribution in [0.25, 0.3) is 0 Å². The first-order valence-electron chi connectivity index (χ1n) is 8.38. The highest BCUT2D eigenvalue weighted by molar-refractivity contribution is 5.94. The number of para-hydroxylation sites is 1. The van der Waals surface area contributed by atoms with Gasteiger partial charge in [0, 0.05) is 25.7 Å². The van der Waals surface area contributed by atoms with E-state index < -0.39 is 6.10 Å². The van der Waals surface area contributed by atoms with Crippen LogP contribution in [0.3, 0.4) is 0 Å². The minimum absolute atomic E-state index is 0.0959. The van der Waals surface area contributed by atoms with Gasteiger partial charge >= 0.3 is 0 Å². The van der Waals surface area contributed by atoms with Crippen LogP contribution >= 0.6 is 0 Å². The van der Waals surface area contributed by atoms with Gasteiger partial charge in [-0.05, 0) is 43.2 Å². The van der Waals surface area contributed by atoms with Crippen LogP contribution in [0.15, 0.2) is 48.7 Å². The molecule has 0 aliphatic carbocycles. The maximum atomic E-state index is 12.2. The van der Waals surface area contributed by atoms with Crippen molar-refractivity contribution in [2.75, 3.05) is 11.4 Å². The average Bonchev–Trinajstić information content (AvgIpc) is 3.07. The van der Waals surface area contributed by atoms with E-state index in [1.54, 1.807) is 18.0 Å². The second kappa shape index (κ2) is 7.79. The topological polar surface area (TPSA) is 71.5 Å². The van der Waals surface area contributed by atoms with Gasteiger partial charge in [0.1, 0.15) is 11.6 Å². The molecule has 25 heavy (non-hydrogen) atoms. The van der Waals surface area contributed by atoms with Crippen molar-refractivity contribution in [2.45, 2.75) is 32.4 Å². The second-order valence-corrected chi connectivity index (χ2v) is 5.96. The molecule has 0 unspecified atom stereocenters. The summed E-state index contributed by atoms with van der Waals surface area (Å²) in [7, 11) is 0. The van der Waals surface area contributed by atoms with E-state index in [0.29, 0.717) is 31.1 Å². The smallest absolute Gasteiger partial charge is 0.261 e. The number of hydrogen-bond acceptors (Lipinski definition) is 4. The fourth-order valence-corrected chi connectivity index (χ4v) is 2.70. The maximum absolute atomic E-state index is 12.2. The van der Waals surface area contributed by atoms with Crippen LogP contribution in [0.5, 0.6) is 5.75 Å². The SMILES string of the molecule is C[C@@H](Oc1ccccc1)C(=O)NCc1ccnc(N2CCCC2=O)c1. The largest absolute Gasteiger partial charge is 0.481 e. The Morgan fingerprint density at radius 2 is 2.12 bits per heavy atom. The highest BCUT2D eigenvalue weighted by Gasteiger charge is 2.22. The van der Waals surface area contributed by atoms with Crippen LogP contribution in [0.2, 0.25) is 0 Å². The quantitative estimate of drug-likeness (QED) is 0.876. The van der Waals surface area contributed by atoms with Gasteiger partial charge < -0.3 is 10.1 Å². The summed E-state index contributed by atoms with van der Waals surface area (Å²) in [5.41, 5.74) is 0.893. The molecular weight excluding hydrogens is 318 g/mol. The van der Waals surface area contributed by atoms with E-state index in [1.807, 2.05) is 42.5 Å². The summed E-state index contributed by atoms with van der Waals surface area (Å²) in [4.78, 5) is 30.0. The molecule has 6 heteroatoms. The molecule has 1 atom stereocenters. The molecule has 2 aromatic rings. The first-order valence-corrected chi connectivity index (χ1v) is 8.38. The summed E-state index contributed by atoms with van der Waals surface area (Å²) in [6.45, 7) is 2.77. The van der Waals surface area contributed by atoms with Gasteiger partial charge in [-0.1, -0.05) is 18.2 Å². The van der Waals surface area contributed by atoms with Crippen LogP contribution in [-0.4, -0.2) is 29.4 Å². The summed E-state index contributed by atoms with van der Waals surface area (Å²) in [5, 5.41) is 2.85. The van der Waals surface area contributed by atoms with Gasteiger partial charge in [0.15, 0.2) is 6.10 Å². The van der Waals surface area contributed by atoms with Gasteiger partial charge in [-0.25, -0.2) is 4.98 Å². The number of benzene rings is 1. The molecule has 130 valence electrons. The molecule has 0 spiro atoms. The third kappa shape index (κ3) is 4.35. The maximum Gasteiger partial charge on any atom is 0.261 e. The zero-order valence-corrected chi connectivity index (χ0v) is 14.1. The molecule has 6 nitrogen and oxygen atoms in total. The fraction of sp³-hybridized carbons (Fsp3) is 0.316. The third-order valence-electron chi connectivity index (χ3n) is 4.05. The van der Waals surface area contributed by atoms with Gasteiger partial charge in [-0.15, -0.1) is 0 Å². The molecule has 1 aromatic carbocycles. The number of anilines is 1. The predicted octanol–water partition coefficient (Wildman–Crippen LogP) is 2.29. The molecule has 0 radical (unpaired) electrons. The van der Waals surface area contributed by atoms with Crippen molar-refractivity contribution in [3.05, 3.63) is 54.2 Å². The lowest BCUT2D eigenvalue weighted by Gasteiger charge is -2.16. The van der Waals surface area contributed by atoms with Crippen LogP contribution < -0.4 is 15.0 Å². The number of nitrogens with zero attached hydrogens (tertiary/aromatic N) is 2. The van der Waals surface area contributed by atoms with Crippen molar-refractivity contribution in [3.8, 4) is 5.75 Å². The summed E-state index contributed by atoms with van der Waals surface area (Å²) < 4.78 is 5.61. The lowest BCUT2D eigenvalue weighted by molar-refractivity contribution is -0.127. The molecule has 1 aromatic heterocycles. The molecule has 1 fully saturated rings. The number of pyridine rings is 1. The van der Waals surface area contributed by atoms with Crippen molar-refractivity contribution in [2.24, 2.45) is 0 Å². The van der Waals surface area contributed by atoms with E-state index >= 15 is 0 Å². The second-order valence-electron chi connectivity index (χ2n) is 5.96. The summed E-state index contributed by atoms with van der Waals surface area (Å²) in [6.07, 6.45) is 2.49. The van der Waals surface area contributed by atoms with Gasteiger partial charge in [-0.3, -0.25) is 14.5 Å². The van der Waals surface area contributed by atoms with Crippen molar-refractivity contribution >= 4 is 17.6 Å². The normalized spacial score (nSPS) is 15.1. The molecule has 1 N–H and O–H groups in total. The van der Waals surface area contributed by atoms with E-state index in [9.17, 15) is 9.59 Å². The molecular formula is C19H21N3O3. The number of hydrogen-bond donors (Lipinski definition) is 1. The molecule has 2 heterocycles. The number of carbonyl (C=O) groups is 2. The third-order valence-corrected chi connectivity index (χ3v) is 4.05. The van der Waals surface area contributed by atoms with Gasteiger partial charge in [0.05, 0.1) is 0 Å². The minimum atomic E-state index is -0.594. The Labute approximate surface area is 146 Å². The zero-order chi connectivity index (χ0) is 17.6. The molecule has 2 amide bonds. The first-order chi connectivity index (χ1) is 12.1. The van der Waals surface area contributed by atoms with Crippen molar-refractivity contribution in [1.29, 1.82) is 0 Å². The molecule has 1 aliphatic heterocycles. The van der Waals surface area contributed by atoms with E-state index in [0.717, 1.165) is 12.0 Å². The Hall–Kier alpha value is -2.89. The van der Waals surface area contributed by atoms with Crippen LogP contribution in [0, 0.1) is 0 Å². The lowest BCUT2D eigenvalue weighted by Crippen LogP contribution is -2.36. The predicted molar refractivity (Wildman–Crippen MR) is 94.2 cm³/mol. The zero-order valence-electron chi connectivity index (χ0n) is 14.1. The molecule has 3 rings (SSSR count). The van der Waals surface area contributed by atoms with Crippen molar-refractivity contribution in [3.63, 3.8) is 0 Å². The minimum Gasteiger partial charge on any atom is -0.481 e. The first kappa shape index (κ1) is 17.0. The molecule has 1 aliphatic rings. The number of carbonyl (C=O) groups excluding carboxylic acids is 2. The Morgan fingerprint density at radius 1 is 1.32 bits per heavy atom. The monoisotopic (exact) mass is 339 g/mol. The Balaban J connectivity index is 1.56. The summed E-state index contributed by atoms with van der Waals surface area (Å²) in [6, 6.07) is 12.9. The highest BCUT2D eigenvalue weighted by Crippen LogP contribution is 2.19. The number of nitrogens with one attached hydrogen (secondary N) is 1. The number of rotatable bonds is 6. The van der Waals surface area contributed by atoms with Crippen LogP contribution in [0.1, 0.15) is 25.3 Å². The van der Waals surface area contributed by atoms with Crippen LogP contribution in [0.4, 0.5) is 5.82 Å². The van der Waals surface area contributed by atoms with E-state index in [-0.39, 0.29) is 11.8 Å². The highest BCUT2D eigenvalue weighted by atomic mass is 16.5. The fourth-order valence-electron chi connectivity index (χ4n) is 2.70. The van der Waals surface area contributed by atoms with Gasteiger partial charge in [-0.2, -0.15) is 0 Å². The Kier molecular flexibility index (Phi) is 5.28. The molecule has 0 saturated carbocycles. The Bertz CT molecular complexity index is 749. The number of aromatic nitrogens is 1. The van der Waals surface area contributed by atoms with Crippen molar-refractivity contribution < 1.29 is 14.3 Å². The van der Waals surface area contributed by atoms with Crippen LogP contribution in [-0.2, 0) is 16.1 Å². The lowest BCUT2D eigenvalue weighted by atomic mass is 10.2. The van der Waals surface area contributed by atoms with Crippen molar-refractivity contribution in [1.82, 2.24) is 10.3 Å². The van der Waals surface area contributed by atoms with E-state index in [2.05, 4.69) is 10.3 Å². The average molecular weight is 339 g/mol. The standard InChI is InChI=1S/C19H21N3O3/c1-14(25-16-6-3-2-4-7-16)19(24)21-13-15-9-10-20-17(12-15)22-11-5-8-18(22)23/h2-4,6-7,9-10,12,14H,5,8,11,13H2,1H3,(H,21,24)/t14-/m1/s1. The van der Waals surface area contributed by atoms with E-state index in [1.165, 1.54) is 0 Å². The number of amides is 2. The van der Waals surface area contributed by atoms with E-state index in [4.69, 9.17) is 4.74 Å². The molecule has 0 bridgehead atoms. The summed E-state index contributed by atoms with van der Waals surface area (Å²) in [5.74, 6) is 1.20. The molecule has 1 saturated heterocycles.